The first-order valence-corrected chi connectivity index (χ1v) is 4.70. The number of fused-ring (bicyclic) bond motifs is 1. The SMILES string of the molecule is NC(=O)C1COC2CCCCC21. The smallest absolute Gasteiger partial charge is 0.223 e. The molecule has 1 amide bonds. The van der Waals surface area contributed by atoms with Crippen LogP contribution in [0.1, 0.15) is 25.7 Å². The van der Waals surface area contributed by atoms with E-state index in [1.807, 2.05) is 0 Å². The zero-order valence-electron chi connectivity index (χ0n) is 7.16. The Labute approximate surface area is 72.3 Å². The molecule has 0 spiro atoms. The van der Waals surface area contributed by atoms with E-state index in [9.17, 15) is 4.79 Å². The van der Waals surface area contributed by atoms with Gasteiger partial charge in [-0.3, -0.25) is 4.79 Å². The number of hydrogen-bond donors (Lipinski definition) is 1. The van der Waals surface area contributed by atoms with Gasteiger partial charge in [0.25, 0.3) is 0 Å². The second-order valence-electron chi connectivity index (χ2n) is 3.83. The lowest BCUT2D eigenvalue weighted by Crippen LogP contribution is -2.32. The lowest BCUT2D eigenvalue weighted by Gasteiger charge is -2.25. The van der Waals surface area contributed by atoms with Crippen LogP contribution in [0.2, 0.25) is 0 Å². The second-order valence-corrected chi connectivity index (χ2v) is 3.83. The van der Waals surface area contributed by atoms with E-state index in [0.29, 0.717) is 18.6 Å². The van der Waals surface area contributed by atoms with Crippen LogP contribution in [0, 0.1) is 11.8 Å². The maximum absolute atomic E-state index is 11.0. The maximum atomic E-state index is 11.0. The van der Waals surface area contributed by atoms with Crippen LogP contribution in [0.25, 0.3) is 0 Å². The third-order valence-electron chi connectivity index (χ3n) is 3.13. The van der Waals surface area contributed by atoms with Gasteiger partial charge in [0.05, 0.1) is 18.6 Å². The average Bonchev–Trinajstić information content (AvgIpc) is 2.47. The number of rotatable bonds is 1. The van der Waals surface area contributed by atoms with Crippen LogP contribution in [-0.2, 0) is 9.53 Å². The van der Waals surface area contributed by atoms with Crippen molar-refractivity contribution >= 4 is 5.91 Å². The van der Waals surface area contributed by atoms with Gasteiger partial charge in [0.15, 0.2) is 0 Å². The maximum Gasteiger partial charge on any atom is 0.223 e. The summed E-state index contributed by atoms with van der Waals surface area (Å²) in [4.78, 5) is 11.0. The quantitative estimate of drug-likeness (QED) is 0.627. The summed E-state index contributed by atoms with van der Waals surface area (Å²) in [6, 6.07) is 0. The Hall–Kier alpha value is -0.570. The molecule has 1 aliphatic heterocycles. The number of ether oxygens (including phenoxy) is 1. The molecule has 3 unspecified atom stereocenters. The highest BCUT2D eigenvalue weighted by Gasteiger charge is 2.41. The Morgan fingerprint density at radius 3 is 2.83 bits per heavy atom. The molecule has 1 heterocycles. The summed E-state index contributed by atoms with van der Waals surface area (Å²) in [5.74, 6) is 0.246. The number of amides is 1. The van der Waals surface area contributed by atoms with E-state index in [1.165, 1.54) is 12.8 Å². The summed E-state index contributed by atoms with van der Waals surface area (Å²) in [7, 11) is 0. The van der Waals surface area contributed by atoms with Gasteiger partial charge in [-0.1, -0.05) is 12.8 Å². The Balaban J connectivity index is 2.05. The zero-order valence-corrected chi connectivity index (χ0v) is 7.16. The van der Waals surface area contributed by atoms with Crippen molar-refractivity contribution in [3.63, 3.8) is 0 Å². The molecule has 3 heteroatoms. The minimum absolute atomic E-state index is 0.00435. The van der Waals surface area contributed by atoms with Gasteiger partial charge >= 0.3 is 0 Å². The Morgan fingerprint density at radius 1 is 1.33 bits per heavy atom. The molecular formula is C9H15NO2. The minimum atomic E-state index is -0.176. The van der Waals surface area contributed by atoms with E-state index in [1.54, 1.807) is 0 Å². The van der Waals surface area contributed by atoms with Gasteiger partial charge in [0.2, 0.25) is 5.91 Å². The van der Waals surface area contributed by atoms with Crippen LogP contribution in [-0.4, -0.2) is 18.6 Å². The fourth-order valence-corrected chi connectivity index (χ4v) is 2.44. The Bertz CT molecular complexity index is 193. The van der Waals surface area contributed by atoms with E-state index in [0.717, 1.165) is 12.8 Å². The Kier molecular flexibility index (Phi) is 2.05. The summed E-state index contributed by atoms with van der Waals surface area (Å²) in [6.45, 7) is 0.560. The van der Waals surface area contributed by atoms with Crippen molar-refractivity contribution in [1.82, 2.24) is 0 Å². The molecule has 2 N–H and O–H groups in total. The monoisotopic (exact) mass is 169 g/mol. The van der Waals surface area contributed by atoms with Crippen molar-refractivity contribution in [3.8, 4) is 0 Å². The summed E-state index contributed by atoms with van der Waals surface area (Å²) in [6.07, 6.45) is 5.05. The molecule has 3 atom stereocenters. The highest BCUT2D eigenvalue weighted by atomic mass is 16.5. The number of hydrogen-bond acceptors (Lipinski definition) is 2. The van der Waals surface area contributed by atoms with E-state index in [-0.39, 0.29) is 11.8 Å². The third kappa shape index (κ3) is 1.22. The van der Waals surface area contributed by atoms with Crippen LogP contribution in [0.3, 0.4) is 0 Å². The van der Waals surface area contributed by atoms with Gasteiger partial charge in [-0.15, -0.1) is 0 Å². The standard InChI is InChI=1S/C9H15NO2/c10-9(11)7-5-12-8-4-2-1-3-6(7)8/h6-8H,1-5H2,(H2,10,11). The highest BCUT2D eigenvalue weighted by molar-refractivity contribution is 5.77. The first kappa shape index (κ1) is 8.05. The first-order chi connectivity index (χ1) is 5.79. The van der Waals surface area contributed by atoms with Crippen LogP contribution >= 0.6 is 0 Å². The molecule has 0 bridgehead atoms. The molecule has 68 valence electrons. The molecule has 0 aromatic carbocycles. The number of nitrogens with two attached hydrogens (primary N) is 1. The fraction of sp³-hybridized carbons (Fsp3) is 0.889. The largest absolute Gasteiger partial charge is 0.377 e. The molecule has 3 nitrogen and oxygen atoms in total. The number of carbonyl (C=O) groups excluding carboxylic acids is 1. The van der Waals surface area contributed by atoms with E-state index < -0.39 is 0 Å². The van der Waals surface area contributed by atoms with E-state index >= 15 is 0 Å². The molecule has 2 aliphatic rings. The summed E-state index contributed by atoms with van der Waals surface area (Å²) in [5.41, 5.74) is 5.29. The van der Waals surface area contributed by atoms with Crippen LogP contribution in [0.5, 0.6) is 0 Å². The third-order valence-corrected chi connectivity index (χ3v) is 3.13. The van der Waals surface area contributed by atoms with Crippen molar-refractivity contribution in [1.29, 1.82) is 0 Å². The molecule has 1 saturated carbocycles. The lowest BCUT2D eigenvalue weighted by molar-refractivity contribution is -0.122. The van der Waals surface area contributed by atoms with Crippen LogP contribution in [0.4, 0.5) is 0 Å². The topological polar surface area (TPSA) is 52.3 Å². The fourth-order valence-electron chi connectivity index (χ4n) is 2.44. The van der Waals surface area contributed by atoms with Crippen molar-refractivity contribution < 1.29 is 9.53 Å². The van der Waals surface area contributed by atoms with Crippen LogP contribution < -0.4 is 5.73 Å². The predicted molar refractivity (Wildman–Crippen MR) is 44.4 cm³/mol. The van der Waals surface area contributed by atoms with E-state index in [4.69, 9.17) is 10.5 Å². The molecular weight excluding hydrogens is 154 g/mol. The van der Waals surface area contributed by atoms with Gasteiger partial charge < -0.3 is 10.5 Å². The zero-order chi connectivity index (χ0) is 8.55. The molecule has 0 aromatic heterocycles. The predicted octanol–water partition coefficient (Wildman–Crippen LogP) is 0.677. The number of carbonyl (C=O) groups is 1. The van der Waals surface area contributed by atoms with Crippen molar-refractivity contribution in [2.24, 2.45) is 17.6 Å². The Morgan fingerprint density at radius 2 is 2.08 bits per heavy atom. The van der Waals surface area contributed by atoms with E-state index in [2.05, 4.69) is 0 Å². The minimum Gasteiger partial charge on any atom is -0.377 e. The summed E-state index contributed by atoms with van der Waals surface area (Å²) < 4.78 is 5.53. The number of primary amides is 1. The van der Waals surface area contributed by atoms with Crippen molar-refractivity contribution in [2.45, 2.75) is 31.8 Å². The van der Waals surface area contributed by atoms with Gasteiger partial charge in [-0.25, -0.2) is 0 Å². The molecule has 0 aromatic rings. The van der Waals surface area contributed by atoms with Gasteiger partial charge in [-0.05, 0) is 18.8 Å². The first-order valence-electron chi connectivity index (χ1n) is 4.70. The normalized spacial score (nSPS) is 40.8. The highest BCUT2D eigenvalue weighted by Crippen LogP contribution is 2.37. The summed E-state index contributed by atoms with van der Waals surface area (Å²) >= 11 is 0. The summed E-state index contributed by atoms with van der Waals surface area (Å²) in [5, 5.41) is 0. The van der Waals surface area contributed by atoms with Crippen LogP contribution in [0.15, 0.2) is 0 Å². The molecule has 12 heavy (non-hydrogen) atoms. The molecule has 1 saturated heterocycles. The second kappa shape index (κ2) is 3.05. The molecule has 2 rings (SSSR count). The molecule has 0 radical (unpaired) electrons. The van der Waals surface area contributed by atoms with Gasteiger partial charge in [-0.2, -0.15) is 0 Å². The average molecular weight is 169 g/mol. The molecule has 1 aliphatic carbocycles. The van der Waals surface area contributed by atoms with Gasteiger partial charge in [0, 0.05) is 0 Å². The van der Waals surface area contributed by atoms with Crippen molar-refractivity contribution in [2.75, 3.05) is 6.61 Å². The lowest BCUT2D eigenvalue weighted by atomic mass is 9.80. The molecule has 2 fully saturated rings. The van der Waals surface area contributed by atoms with Gasteiger partial charge in [0.1, 0.15) is 0 Å². The van der Waals surface area contributed by atoms with Crippen molar-refractivity contribution in [3.05, 3.63) is 0 Å².